The summed E-state index contributed by atoms with van der Waals surface area (Å²) in [6.07, 6.45) is 7.46. The van der Waals surface area contributed by atoms with Crippen LogP contribution in [0.15, 0.2) is 36.8 Å². The van der Waals surface area contributed by atoms with Crippen molar-refractivity contribution in [1.29, 1.82) is 0 Å². The number of nitrogens with two attached hydrogens (primary N) is 1. The van der Waals surface area contributed by atoms with Crippen molar-refractivity contribution in [2.75, 3.05) is 12.8 Å². The normalized spacial score (nSPS) is 14.8. The van der Waals surface area contributed by atoms with Gasteiger partial charge in [-0.3, -0.25) is 4.72 Å². The third-order valence-electron chi connectivity index (χ3n) is 4.80. The summed E-state index contributed by atoms with van der Waals surface area (Å²) in [4.78, 5) is 8.74. The molecular weight excluding hydrogens is 332 g/mol. The highest BCUT2D eigenvalue weighted by molar-refractivity contribution is 7.95. The van der Waals surface area contributed by atoms with Crippen molar-refractivity contribution in [1.82, 2.24) is 24.0 Å². The van der Waals surface area contributed by atoms with Gasteiger partial charge in [0.2, 0.25) is 0 Å². The summed E-state index contributed by atoms with van der Waals surface area (Å²) in [5.41, 5.74) is 10.6. The van der Waals surface area contributed by atoms with Crippen LogP contribution >= 0.6 is 12.1 Å². The summed E-state index contributed by atoms with van der Waals surface area (Å²) in [6.45, 7) is 0.784. The maximum absolute atomic E-state index is 6.22. The van der Waals surface area contributed by atoms with Crippen molar-refractivity contribution in [3.63, 3.8) is 0 Å². The fourth-order valence-corrected chi connectivity index (χ4v) is 3.69. The van der Waals surface area contributed by atoms with Crippen molar-refractivity contribution in [2.45, 2.75) is 31.8 Å². The highest BCUT2D eigenvalue weighted by Gasteiger charge is 2.24. The Morgan fingerprint density at radius 3 is 2.96 bits per heavy atom. The Bertz CT molecular complexity index is 886. The van der Waals surface area contributed by atoms with E-state index in [9.17, 15) is 0 Å². The molecular formula is C18H22N6S. The molecule has 4 rings (SSSR count). The molecule has 7 heteroatoms. The van der Waals surface area contributed by atoms with E-state index in [2.05, 4.69) is 54.4 Å². The number of benzene rings is 1. The number of anilines is 1. The molecule has 1 aromatic carbocycles. The van der Waals surface area contributed by atoms with Crippen LogP contribution in [0.2, 0.25) is 0 Å². The average molecular weight is 354 g/mol. The maximum Gasteiger partial charge on any atom is 0.146 e. The van der Waals surface area contributed by atoms with Gasteiger partial charge in [-0.05, 0) is 43.5 Å². The van der Waals surface area contributed by atoms with Crippen LogP contribution in [0, 0.1) is 0 Å². The molecule has 2 aromatic heterocycles. The van der Waals surface area contributed by atoms with Crippen LogP contribution < -0.4 is 15.2 Å². The highest BCUT2D eigenvalue weighted by Crippen LogP contribution is 2.39. The van der Waals surface area contributed by atoms with Gasteiger partial charge in [0.05, 0.1) is 5.39 Å². The van der Waals surface area contributed by atoms with E-state index in [0.29, 0.717) is 11.9 Å². The zero-order chi connectivity index (χ0) is 17.2. The summed E-state index contributed by atoms with van der Waals surface area (Å²) in [6, 6.07) is 9.07. The fraction of sp³-hybridized carbons (Fsp3) is 0.333. The topological polar surface area (TPSA) is 80.8 Å². The predicted octanol–water partition coefficient (Wildman–Crippen LogP) is 3.28. The quantitative estimate of drug-likeness (QED) is 0.466. The lowest BCUT2D eigenvalue weighted by Crippen LogP contribution is -2.16. The summed E-state index contributed by atoms with van der Waals surface area (Å²) >= 11 is 1.48. The molecule has 0 radical (unpaired) electrons. The summed E-state index contributed by atoms with van der Waals surface area (Å²) in [7, 11) is 1.90. The standard InChI is InChI=1S/C18H22N6S/c1-20-25-23-9-12-4-2-5-13(8-12)15-10-24(14-6-3-7-14)18-16(15)17(19)21-11-22-18/h2,4-5,8,10-11,14,20,23H,3,6-7,9H2,1H3,(H2,19,21,22). The smallest absolute Gasteiger partial charge is 0.146 e. The minimum atomic E-state index is 0.530. The zero-order valence-corrected chi connectivity index (χ0v) is 15.0. The Morgan fingerprint density at radius 2 is 2.20 bits per heavy atom. The molecule has 3 aromatic rings. The molecule has 0 unspecified atom stereocenters. The lowest BCUT2D eigenvalue weighted by molar-refractivity contribution is 0.320. The number of aromatic nitrogens is 3. The summed E-state index contributed by atoms with van der Waals surface area (Å²) < 4.78 is 8.57. The van der Waals surface area contributed by atoms with Gasteiger partial charge < -0.3 is 10.3 Å². The van der Waals surface area contributed by atoms with E-state index in [1.807, 2.05) is 7.05 Å². The van der Waals surface area contributed by atoms with Gasteiger partial charge in [-0.25, -0.2) is 14.7 Å². The van der Waals surface area contributed by atoms with Crippen molar-refractivity contribution in [3.8, 4) is 11.1 Å². The molecule has 0 atom stereocenters. The molecule has 0 spiro atoms. The fourth-order valence-electron chi connectivity index (χ4n) is 3.31. The van der Waals surface area contributed by atoms with E-state index in [4.69, 9.17) is 5.73 Å². The molecule has 2 heterocycles. The number of nitrogen functional groups attached to an aromatic ring is 1. The Balaban J connectivity index is 1.77. The molecule has 0 bridgehead atoms. The lowest BCUT2D eigenvalue weighted by atomic mass is 9.93. The third kappa shape index (κ3) is 3.10. The molecule has 0 saturated heterocycles. The van der Waals surface area contributed by atoms with Gasteiger partial charge in [-0.1, -0.05) is 18.2 Å². The SMILES string of the molecule is CNSNCc1cccc(-c2cn(C3CCC3)c3ncnc(N)c23)c1. The van der Waals surface area contributed by atoms with Crippen LogP contribution in [0.1, 0.15) is 30.9 Å². The van der Waals surface area contributed by atoms with Crippen LogP contribution in [0.25, 0.3) is 22.2 Å². The first-order chi connectivity index (χ1) is 12.3. The maximum atomic E-state index is 6.22. The molecule has 25 heavy (non-hydrogen) atoms. The number of hydrogen-bond acceptors (Lipinski definition) is 6. The van der Waals surface area contributed by atoms with E-state index in [0.717, 1.165) is 28.7 Å². The van der Waals surface area contributed by atoms with Crippen molar-refractivity contribution in [3.05, 3.63) is 42.4 Å². The summed E-state index contributed by atoms with van der Waals surface area (Å²) in [5, 5.41) is 0.962. The largest absolute Gasteiger partial charge is 0.383 e. The minimum absolute atomic E-state index is 0.530. The molecule has 1 fully saturated rings. The average Bonchev–Trinajstić information content (AvgIpc) is 2.95. The first kappa shape index (κ1) is 16.4. The Labute approximate surface area is 151 Å². The molecule has 6 nitrogen and oxygen atoms in total. The molecule has 4 N–H and O–H groups in total. The highest BCUT2D eigenvalue weighted by atomic mass is 32.2. The van der Waals surface area contributed by atoms with Crippen molar-refractivity contribution < 1.29 is 0 Å². The first-order valence-electron chi connectivity index (χ1n) is 8.53. The Hall–Kier alpha value is -2.09. The van der Waals surface area contributed by atoms with Gasteiger partial charge in [0.25, 0.3) is 0 Å². The Morgan fingerprint density at radius 1 is 1.32 bits per heavy atom. The number of fused-ring (bicyclic) bond motifs is 1. The second-order valence-electron chi connectivity index (χ2n) is 6.32. The van der Waals surface area contributed by atoms with Gasteiger partial charge in [-0.2, -0.15) is 0 Å². The van der Waals surface area contributed by atoms with Crippen LogP contribution in [0.4, 0.5) is 5.82 Å². The first-order valence-corrected chi connectivity index (χ1v) is 9.35. The van der Waals surface area contributed by atoms with Gasteiger partial charge in [0.1, 0.15) is 17.8 Å². The van der Waals surface area contributed by atoms with E-state index < -0.39 is 0 Å². The number of nitrogens with zero attached hydrogens (tertiary/aromatic N) is 3. The van der Waals surface area contributed by atoms with Gasteiger partial charge in [0, 0.05) is 36.5 Å². The molecule has 1 saturated carbocycles. The zero-order valence-electron chi connectivity index (χ0n) is 14.2. The molecule has 0 amide bonds. The molecule has 130 valence electrons. The molecule has 0 aliphatic heterocycles. The summed E-state index contributed by atoms with van der Waals surface area (Å²) in [5.74, 6) is 0.548. The van der Waals surface area contributed by atoms with E-state index in [1.54, 1.807) is 6.33 Å². The van der Waals surface area contributed by atoms with Gasteiger partial charge in [-0.15, -0.1) is 0 Å². The number of nitrogens with one attached hydrogen (secondary N) is 2. The van der Waals surface area contributed by atoms with Crippen LogP contribution in [0.3, 0.4) is 0 Å². The second kappa shape index (κ2) is 7.03. The third-order valence-corrected chi connectivity index (χ3v) is 5.29. The minimum Gasteiger partial charge on any atom is -0.383 e. The van der Waals surface area contributed by atoms with Gasteiger partial charge >= 0.3 is 0 Å². The Kier molecular flexibility index (Phi) is 4.61. The number of hydrogen-bond donors (Lipinski definition) is 3. The van der Waals surface area contributed by atoms with Crippen molar-refractivity contribution in [2.24, 2.45) is 0 Å². The van der Waals surface area contributed by atoms with Crippen LogP contribution in [-0.2, 0) is 6.54 Å². The predicted molar refractivity (Wildman–Crippen MR) is 104 cm³/mol. The van der Waals surface area contributed by atoms with Gasteiger partial charge in [0.15, 0.2) is 0 Å². The van der Waals surface area contributed by atoms with E-state index >= 15 is 0 Å². The van der Waals surface area contributed by atoms with Crippen molar-refractivity contribution >= 4 is 29.0 Å². The van der Waals surface area contributed by atoms with E-state index in [-0.39, 0.29) is 0 Å². The van der Waals surface area contributed by atoms with Crippen LogP contribution in [0.5, 0.6) is 0 Å². The monoisotopic (exact) mass is 354 g/mol. The van der Waals surface area contributed by atoms with Crippen LogP contribution in [-0.4, -0.2) is 21.6 Å². The molecule has 1 aliphatic carbocycles. The number of rotatable bonds is 6. The van der Waals surface area contributed by atoms with E-state index in [1.165, 1.54) is 37.0 Å². The second-order valence-corrected chi connectivity index (χ2v) is 7.22. The lowest BCUT2D eigenvalue weighted by Gasteiger charge is -2.27. The molecule has 1 aliphatic rings.